The van der Waals surface area contributed by atoms with Crippen molar-refractivity contribution in [2.75, 3.05) is 20.2 Å². The molecule has 0 spiro atoms. The van der Waals surface area contributed by atoms with Gasteiger partial charge in [-0.3, -0.25) is 4.90 Å². The van der Waals surface area contributed by atoms with E-state index < -0.39 is 0 Å². The lowest BCUT2D eigenvalue weighted by atomic mass is 9.77. The Morgan fingerprint density at radius 2 is 1.86 bits per heavy atom. The molecule has 0 saturated heterocycles. The molecule has 1 unspecified atom stereocenters. The van der Waals surface area contributed by atoms with Crippen LogP contribution < -0.4 is 4.74 Å². The van der Waals surface area contributed by atoms with Crippen LogP contribution in [0.3, 0.4) is 0 Å². The summed E-state index contributed by atoms with van der Waals surface area (Å²) in [6, 6.07) is 21.5. The van der Waals surface area contributed by atoms with Crippen molar-refractivity contribution in [1.29, 1.82) is 0 Å². The Labute approximate surface area is 172 Å². The minimum absolute atomic E-state index is 0.294. The first-order valence-corrected chi connectivity index (χ1v) is 10.6. The van der Waals surface area contributed by atoms with Crippen molar-refractivity contribution >= 4 is 0 Å². The minimum Gasteiger partial charge on any atom is -0.504 e. The molecule has 1 aliphatic heterocycles. The zero-order valence-corrected chi connectivity index (χ0v) is 16.9. The summed E-state index contributed by atoms with van der Waals surface area (Å²) in [5.74, 6) is 0.888. The van der Waals surface area contributed by atoms with Gasteiger partial charge in [0.05, 0.1) is 6.61 Å². The molecule has 1 N–H and O–H groups in total. The molecule has 0 aromatic heterocycles. The summed E-state index contributed by atoms with van der Waals surface area (Å²) < 4.78 is 6.00. The van der Waals surface area contributed by atoms with E-state index in [0.717, 1.165) is 37.8 Å². The quantitative estimate of drug-likeness (QED) is 0.616. The molecule has 0 fully saturated rings. The highest BCUT2D eigenvalue weighted by Crippen LogP contribution is 2.50. The van der Waals surface area contributed by atoms with Crippen LogP contribution >= 0.6 is 0 Å². The van der Waals surface area contributed by atoms with Gasteiger partial charge >= 0.3 is 0 Å². The van der Waals surface area contributed by atoms with Crippen LogP contribution in [-0.4, -0.2) is 30.2 Å². The van der Waals surface area contributed by atoms with E-state index in [4.69, 9.17) is 4.74 Å². The fourth-order valence-electron chi connectivity index (χ4n) is 4.89. The van der Waals surface area contributed by atoms with E-state index in [1.165, 1.54) is 27.8 Å². The van der Waals surface area contributed by atoms with Crippen LogP contribution in [0.1, 0.15) is 34.7 Å². The smallest absolute Gasteiger partial charge is 0.165 e. The van der Waals surface area contributed by atoms with Gasteiger partial charge in [0.1, 0.15) is 0 Å². The number of fused-ring (bicyclic) bond motifs is 2. The monoisotopic (exact) mass is 385 g/mol. The van der Waals surface area contributed by atoms with Crippen molar-refractivity contribution in [1.82, 2.24) is 4.90 Å². The third-order valence-electron chi connectivity index (χ3n) is 6.42. The van der Waals surface area contributed by atoms with Gasteiger partial charge in [-0.15, -0.1) is 0 Å². The number of benzene rings is 3. The van der Waals surface area contributed by atoms with Gasteiger partial charge in [0.15, 0.2) is 11.5 Å². The Bertz CT molecular complexity index is 1030. The molecule has 2 aliphatic rings. The molecule has 0 amide bonds. The second-order valence-corrected chi connectivity index (χ2v) is 8.21. The summed E-state index contributed by atoms with van der Waals surface area (Å²) >= 11 is 0. The topological polar surface area (TPSA) is 32.7 Å². The van der Waals surface area contributed by atoms with E-state index in [1.54, 1.807) is 0 Å². The minimum atomic E-state index is 0.294. The van der Waals surface area contributed by atoms with Crippen LogP contribution in [0.2, 0.25) is 0 Å². The molecular weight excluding hydrogens is 358 g/mol. The number of nitrogens with zero attached hydrogens (tertiary/aromatic N) is 1. The van der Waals surface area contributed by atoms with E-state index in [0.29, 0.717) is 24.1 Å². The first-order valence-electron chi connectivity index (χ1n) is 10.6. The van der Waals surface area contributed by atoms with Gasteiger partial charge in [0, 0.05) is 18.2 Å². The van der Waals surface area contributed by atoms with E-state index in [9.17, 15) is 5.11 Å². The number of phenols is 1. The van der Waals surface area contributed by atoms with Gasteiger partial charge in [-0.2, -0.15) is 0 Å². The fraction of sp³-hybridized carbons (Fsp3) is 0.308. The fourth-order valence-corrected chi connectivity index (χ4v) is 4.89. The van der Waals surface area contributed by atoms with E-state index in [2.05, 4.69) is 60.5 Å². The first kappa shape index (κ1) is 18.3. The number of aromatic hydroxyl groups is 1. The van der Waals surface area contributed by atoms with Gasteiger partial charge in [-0.1, -0.05) is 54.6 Å². The van der Waals surface area contributed by atoms with E-state index in [1.807, 2.05) is 12.1 Å². The number of ether oxygens (including phenoxy) is 1. The third-order valence-corrected chi connectivity index (χ3v) is 6.42. The van der Waals surface area contributed by atoms with Crippen LogP contribution in [0.25, 0.3) is 11.1 Å². The molecule has 3 aromatic rings. The molecule has 5 rings (SSSR count). The normalized spacial score (nSPS) is 17.5. The number of hydrogen-bond acceptors (Lipinski definition) is 3. The van der Waals surface area contributed by atoms with Gasteiger partial charge in [0.25, 0.3) is 0 Å². The van der Waals surface area contributed by atoms with Crippen molar-refractivity contribution in [2.45, 2.75) is 31.7 Å². The second kappa shape index (κ2) is 7.57. The predicted octanol–water partition coefficient (Wildman–Crippen LogP) is 5.16. The number of hydrogen-bond donors (Lipinski definition) is 1. The molecular formula is C26H27NO2. The standard InChI is InChI=1S/C26H27NO2/c1-27-15-14-19-10-5-11-21-24(19)22(27)17-20-12-13-23(26(28)25(20)21)29-16-6-9-18-7-3-2-4-8-18/h2-5,7-8,10-13,22,28H,6,9,14-17H2,1H3. The average molecular weight is 386 g/mol. The van der Waals surface area contributed by atoms with Gasteiger partial charge in [-0.25, -0.2) is 0 Å². The molecule has 3 heteroatoms. The second-order valence-electron chi connectivity index (χ2n) is 8.21. The highest BCUT2D eigenvalue weighted by atomic mass is 16.5. The zero-order valence-electron chi connectivity index (χ0n) is 16.9. The van der Waals surface area contributed by atoms with Crippen LogP contribution in [0.5, 0.6) is 11.5 Å². The predicted molar refractivity (Wildman–Crippen MR) is 117 cm³/mol. The van der Waals surface area contributed by atoms with Crippen molar-refractivity contribution in [3.05, 3.63) is 82.9 Å². The summed E-state index contributed by atoms with van der Waals surface area (Å²) in [5.41, 5.74) is 7.48. The van der Waals surface area contributed by atoms with Crippen LogP contribution in [0.15, 0.2) is 60.7 Å². The maximum absolute atomic E-state index is 11.1. The zero-order chi connectivity index (χ0) is 19.8. The lowest BCUT2D eigenvalue weighted by Gasteiger charge is -2.40. The SMILES string of the molecule is CN1CCc2cccc3c2C1Cc1ccc(OCCCc2ccccc2)c(O)c1-3. The van der Waals surface area contributed by atoms with Crippen LogP contribution in [0, 0.1) is 0 Å². The Hall–Kier alpha value is -2.78. The third kappa shape index (κ3) is 3.30. The largest absolute Gasteiger partial charge is 0.504 e. The summed E-state index contributed by atoms with van der Waals surface area (Å²) in [5, 5.41) is 11.1. The van der Waals surface area contributed by atoms with Crippen molar-refractivity contribution in [3.63, 3.8) is 0 Å². The molecule has 1 aliphatic carbocycles. The van der Waals surface area contributed by atoms with Crippen LogP contribution in [0.4, 0.5) is 0 Å². The number of phenolic OH excluding ortho intramolecular Hbond substituents is 1. The average Bonchev–Trinajstić information content (AvgIpc) is 2.75. The molecule has 3 nitrogen and oxygen atoms in total. The summed E-state index contributed by atoms with van der Waals surface area (Å²) in [6.07, 6.45) is 3.92. The molecule has 1 heterocycles. The number of rotatable bonds is 5. The summed E-state index contributed by atoms with van der Waals surface area (Å²) in [7, 11) is 2.21. The van der Waals surface area contributed by atoms with Gasteiger partial charge in [-0.05, 0) is 66.6 Å². The Morgan fingerprint density at radius 3 is 2.72 bits per heavy atom. The molecule has 0 radical (unpaired) electrons. The highest BCUT2D eigenvalue weighted by Gasteiger charge is 2.34. The lowest BCUT2D eigenvalue weighted by molar-refractivity contribution is 0.227. The number of likely N-dealkylation sites (N-methyl/N-ethyl adjacent to an activating group) is 1. The van der Waals surface area contributed by atoms with E-state index in [-0.39, 0.29) is 0 Å². The summed E-state index contributed by atoms with van der Waals surface area (Å²) in [6.45, 7) is 1.69. The van der Waals surface area contributed by atoms with Crippen molar-refractivity contribution in [3.8, 4) is 22.6 Å². The van der Waals surface area contributed by atoms with Crippen molar-refractivity contribution in [2.24, 2.45) is 0 Å². The Morgan fingerprint density at radius 1 is 1.00 bits per heavy atom. The number of aryl methyl sites for hydroxylation is 1. The Balaban J connectivity index is 1.40. The van der Waals surface area contributed by atoms with Gasteiger partial charge < -0.3 is 9.84 Å². The molecule has 3 aromatic carbocycles. The summed E-state index contributed by atoms with van der Waals surface area (Å²) in [4.78, 5) is 2.44. The molecule has 0 saturated carbocycles. The maximum Gasteiger partial charge on any atom is 0.165 e. The molecule has 148 valence electrons. The first-order chi connectivity index (χ1) is 14.2. The molecule has 1 atom stereocenters. The highest BCUT2D eigenvalue weighted by molar-refractivity contribution is 5.82. The van der Waals surface area contributed by atoms with Crippen LogP contribution in [-0.2, 0) is 19.3 Å². The lowest BCUT2D eigenvalue weighted by Crippen LogP contribution is -2.35. The van der Waals surface area contributed by atoms with Gasteiger partial charge in [0.2, 0.25) is 0 Å². The van der Waals surface area contributed by atoms with Crippen molar-refractivity contribution < 1.29 is 9.84 Å². The maximum atomic E-state index is 11.1. The molecule has 0 bridgehead atoms. The van der Waals surface area contributed by atoms with E-state index >= 15 is 0 Å². The Kier molecular flexibility index (Phi) is 4.76. The molecule has 29 heavy (non-hydrogen) atoms.